The monoisotopic (exact) mass is 255 g/mol. The van der Waals surface area contributed by atoms with Crippen LogP contribution in [-0.2, 0) is 6.42 Å². The van der Waals surface area contributed by atoms with Crippen LogP contribution < -0.4 is 10.2 Å². The molecule has 98 valence electrons. The minimum Gasteiger partial charge on any atom is -0.497 e. The van der Waals surface area contributed by atoms with E-state index in [0.717, 1.165) is 17.7 Å². The maximum Gasteiger partial charge on any atom is 0.118 e. The zero-order valence-corrected chi connectivity index (χ0v) is 10.8. The highest BCUT2D eigenvalue weighted by molar-refractivity contribution is 5.63. The van der Waals surface area contributed by atoms with E-state index >= 15 is 0 Å². The van der Waals surface area contributed by atoms with Crippen LogP contribution in [0.3, 0.4) is 0 Å². The molecule has 2 aromatic carbocycles. The number of allylic oxidation sites excluding steroid dienone is 1. The Kier molecular flexibility index (Phi) is 4.59. The first-order chi connectivity index (χ1) is 9.33. The van der Waals surface area contributed by atoms with Gasteiger partial charge in [-0.25, -0.2) is 0 Å². The molecule has 0 aliphatic carbocycles. The van der Waals surface area contributed by atoms with E-state index < -0.39 is 0 Å². The smallest absolute Gasteiger partial charge is 0.118 e. The largest absolute Gasteiger partial charge is 0.497 e. The van der Waals surface area contributed by atoms with E-state index in [9.17, 15) is 5.21 Å². The summed E-state index contributed by atoms with van der Waals surface area (Å²) >= 11 is 0. The summed E-state index contributed by atoms with van der Waals surface area (Å²) in [6.45, 7) is 0. The molecule has 0 spiro atoms. The molecule has 2 aromatic rings. The quantitative estimate of drug-likeness (QED) is 0.806. The number of hydrogen-bond acceptors (Lipinski definition) is 3. The van der Waals surface area contributed by atoms with Crippen LogP contribution in [0.5, 0.6) is 5.75 Å². The molecule has 0 atom stereocenters. The minimum atomic E-state index is 0.687. The molecular formula is C16H17NO2. The van der Waals surface area contributed by atoms with Crippen LogP contribution in [0, 0.1) is 0 Å². The fourth-order valence-electron chi connectivity index (χ4n) is 1.83. The van der Waals surface area contributed by atoms with Crippen molar-refractivity contribution in [3.63, 3.8) is 0 Å². The molecule has 0 aromatic heterocycles. The van der Waals surface area contributed by atoms with Crippen LogP contribution in [0.1, 0.15) is 11.1 Å². The predicted molar refractivity (Wildman–Crippen MR) is 76.0 cm³/mol. The van der Waals surface area contributed by atoms with Gasteiger partial charge in [-0.2, -0.15) is 0 Å². The number of hydrogen-bond donors (Lipinski definition) is 2. The van der Waals surface area contributed by atoms with Gasteiger partial charge < -0.3 is 4.74 Å². The van der Waals surface area contributed by atoms with Crippen LogP contribution in [0.25, 0.3) is 5.70 Å². The normalized spacial score (nSPS) is 11.2. The van der Waals surface area contributed by atoms with E-state index in [1.807, 2.05) is 48.5 Å². The van der Waals surface area contributed by atoms with E-state index in [4.69, 9.17) is 4.74 Å². The lowest BCUT2D eigenvalue weighted by molar-refractivity contribution is 0.224. The van der Waals surface area contributed by atoms with Gasteiger partial charge in [0.1, 0.15) is 5.75 Å². The lowest BCUT2D eigenvalue weighted by Crippen LogP contribution is -2.06. The molecule has 2 rings (SSSR count). The Balaban J connectivity index is 2.14. The molecule has 19 heavy (non-hydrogen) atoms. The minimum absolute atomic E-state index is 0.687. The molecule has 0 aliphatic rings. The Morgan fingerprint density at radius 1 is 1.11 bits per heavy atom. The standard InChI is InChI=1S/C16H17NO2/c1-19-15-10-8-14(9-11-15)16(17-18)12-7-13-5-3-2-4-6-13/h2-6,8-12,17-18H,7H2,1H3. The molecule has 0 saturated carbocycles. The zero-order chi connectivity index (χ0) is 13.5. The van der Waals surface area contributed by atoms with Gasteiger partial charge in [0.2, 0.25) is 0 Å². The van der Waals surface area contributed by atoms with Gasteiger partial charge in [-0.15, -0.1) is 0 Å². The van der Waals surface area contributed by atoms with Crippen molar-refractivity contribution in [2.45, 2.75) is 6.42 Å². The molecule has 0 radical (unpaired) electrons. The van der Waals surface area contributed by atoms with Gasteiger partial charge in [0.25, 0.3) is 0 Å². The van der Waals surface area contributed by atoms with Gasteiger partial charge >= 0.3 is 0 Å². The Morgan fingerprint density at radius 2 is 1.79 bits per heavy atom. The highest BCUT2D eigenvalue weighted by Crippen LogP contribution is 2.17. The lowest BCUT2D eigenvalue weighted by Gasteiger charge is -2.07. The number of hydroxylamine groups is 1. The van der Waals surface area contributed by atoms with Crippen LogP contribution in [0.15, 0.2) is 60.7 Å². The first kappa shape index (κ1) is 13.2. The topological polar surface area (TPSA) is 41.5 Å². The highest BCUT2D eigenvalue weighted by atomic mass is 16.5. The molecule has 0 unspecified atom stereocenters. The van der Waals surface area contributed by atoms with Gasteiger partial charge in [-0.3, -0.25) is 10.7 Å². The van der Waals surface area contributed by atoms with Gasteiger partial charge in [0.05, 0.1) is 12.8 Å². The van der Waals surface area contributed by atoms with Gasteiger partial charge in [-0.05, 0) is 41.8 Å². The van der Waals surface area contributed by atoms with E-state index in [2.05, 4.69) is 17.6 Å². The Bertz CT molecular complexity index is 532. The Labute approximate surface area is 113 Å². The Hall–Kier alpha value is -2.26. The summed E-state index contributed by atoms with van der Waals surface area (Å²) < 4.78 is 5.11. The third-order valence-corrected chi connectivity index (χ3v) is 2.91. The summed E-state index contributed by atoms with van der Waals surface area (Å²) in [6, 6.07) is 17.6. The fourth-order valence-corrected chi connectivity index (χ4v) is 1.83. The van der Waals surface area contributed by atoms with Crippen molar-refractivity contribution in [2.24, 2.45) is 0 Å². The molecule has 0 aliphatic heterocycles. The predicted octanol–water partition coefficient (Wildman–Crippen LogP) is 3.26. The SMILES string of the molecule is COc1ccc(C(=CCc2ccccc2)NO)cc1. The van der Waals surface area contributed by atoms with Crippen molar-refractivity contribution in [1.29, 1.82) is 0 Å². The molecule has 3 nitrogen and oxygen atoms in total. The van der Waals surface area contributed by atoms with Gasteiger partial charge in [0, 0.05) is 0 Å². The van der Waals surface area contributed by atoms with E-state index in [1.54, 1.807) is 7.11 Å². The average Bonchev–Trinajstić information content (AvgIpc) is 2.49. The second kappa shape index (κ2) is 6.61. The van der Waals surface area contributed by atoms with Crippen molar-refractivity contribution in [2.75, 3.05) is 7.11 Å². The maximum atomic E-state index is 9.23. The van der Waals surface area contributed by atoms with E-state index in [0.29, 0.717) is 5.70 Å². The molecule has 0 heterocycles. The van der Waals surface area contributed by atoms with Crippen LogP contribution >= 0.6 is 0 Å². The van der Waals surface area contributed by atoms with E-state index in [1.165, 1.54) is 5.56 Å². The number of ether oxygens (including phenoxy) is 1. The summed E-state index contributed by atoms with van der Waals surface area (Å²) in [5.41, 5.74) is 5.05. The van der Waals surface area contributed by atoms with Crippen molar-refractivity contribution < 1.29 is 9.94 Å². The zero-order valence-electron chi connectivity index (χ0n) is 10.8. The second-order valence-corrected chi connectivity index (χ2v) is 4.15. The number of rotatable bonds is 5. The summed E-state index contributed by atoms with van der Waals surface area (Å²) in [5.74, 6) is 0.795. The Morgan fingerprint density at radius 3 is 2.37 bits per heavy atom. The lowest BCUT2D eigenvalue weighted by atomic mass is 10.1. The molecule has 2 N–H and O–H groups in total. The molecule has 0 saturated heterocycles. The van der Waals surface area contributed by atoms with Crippen molar-refractivity contribution in [1.82, 2.24) is 5.48 Å². The highest BCUT2D eigenvalue weighted by Gasteiger charge is 2.00. The summed E-state index contributed by atoms with van der Waals surface area (Å²) in [5, 5.41) is 9.23. The molecular weight excluding hydrogens is 238 g/mol. The third-order valence-electron chi connectivity index (χ3n) is 2.91. The summed E-state index contributed by atoms with van der Waals surface area (Å²) in [4.78, 5) is 0. The van der Waals surface area contributed by atoms with Crippen molar-refractivity contribution in [3.8, 4) is 5.75 Å². The molecule has 0 fully saturated rings. The maximum absolute atomic E-state index is 9.23. The number of benzene rings is 2. The summed E-state index contributed by atoms with van der Waals surface area (Å²) in [6.07, 6.45) is 2.72. The van der Waals surface area contributed by atoms with Gasteiger partial charge in [-0.1, -0.05) is 36.4 Å². The van der Waals surface area contributed by atoms with Crippen molar-refractivity contribution in [3.05, 3.63) is 71.8 Å². The second-order valence-electron chi connectivity index (χ2n) is 4.15. The average molecular weight is 255 g/mol. The van der Waals surface area contributed by atoms with Crippen LogP contribution in [0.4, 0.5) is 0 Å². The molecule has 3 heteroatoms. The van der Waals surface area contributed by atoms with E-state index in [-0.39, 0.29) is 0 Å². The van der Waals surface area contributed by atoms with Gasteiger partial charge in [0.15, 0.2) is 0 Å². The third kappa shape index (κ3) is 3.60. The first-order valence-corrected chi connectivity index (χ1v) is 6.12. The fraction of sp³-hybridized carbons (Fsp3) is 0.125. The van der Waals surface area contributed by atoms with Crippen molar-refractivity contribution >= 4 is 5.70 Å². The molecule has 0 bridgehead atoms. The van der Waals surface area contributed by atoms with Crippen LogP contribution in [0.2, 0.25) is 0 Å². The first-order valence-electron chi connectivity index (χ1n) is 6.12. The number of nitrogens with one attached hydrogen (secondary N) is 1. The number of methoxy groups -OCH3 is 1. The summed E-state index contributed by atoms with van der Waals surface area (Å²) in [7, 11) is 1.63. The molecule has 0 amide bonds. The van der Waals surface area contributed by atoms with Crippen LogP contribution in [-0.4, -0.2) is 12.3 Å².